The number of hydrogen-bond acceptors (Lipinski definition) is 2. The molecule has 1 unspecified atom stereocenters. The van der Waals surface area contributed by atoms with Crippen LogP contribution in [0.2, 0.25) is 0 Å². The first kappa shape index (κ1) is 12.8. The highest BCUT2D eigenvalue weighted by Crippen LogP contribution is 2.53. The van der Waals surface area contributed by atoms with Crippen molar-refractivity contribution in [2.75, 3.05) is 37.6 Å². The predicted molar refractivity (Wildman–Crippen MR) is 60.7 cm³/mol. The molecule has 0 radical (unpaired) electrons. The van der Waals surface area contributed by atoms with Gasteiger partial charge in [-0.05, 0) is 12.8 Å². The van der Waals surface area contributed by atoms with E-state index in [1.54, 1.807) is 0 Å². The van der Waals surface area contributed by atoms with Gasteiger partial charge in [0, 0.05) is 31.0 Å². The highest BCUT2D eigenvalue weighted by atomic mass is 35.5. The fraction of sp³-hybridized carbons (Fsp3) is 1.00. The molecule has 0 N–H and O–H groups in total. The largest absolute Gasteiger partial charge is 0.317 e. The zero-order valence-electron chi connectivity index (χ0n) is 8.12. The lowest BCUT2D eigenvalue weighted by Gasteiger charge is -2.32. The smallest absolute Gasteiger partial charge is 0.272 e. The van der Waals surface area contributed by atoms with E-state index in [0.29, 0.717) is 37.6 Å². The Labute approximate surface area is 95.2 Å². The van der Waals surface area contributed by atoms with Crippen LogP contribution in [0.25, 0.3) is 0 Å². The lowest BCUT2D eigenvalue weighted by Crippen LogP contribution is -2.29. The van der Waals surface area contributed by atoms with E-state index in [1.165, 1.54) is 0 Å². The van der Waals surface area contributed by atoms with Crippen molar-refractivity contribution in [2.45, 2.75) is 12.8 Å². The number of alkyl halides is 2. The third-order valence-electron chi connectivity index (χ3n) is 2.24. The summed E-state index contributed by atoms with van der Waals surface area (Å²) in [7, 11) is -2.59. The minimum atomic E-state index is -2.59. The molecule has 1 aliphatic rings. The lowest BCUT2D eigenvalue weighted by molar-refractivity contribution is 0.242. The molecule has 1 heterocycles. The van der Waals surface area contributed by atoms with Gasteiger partial charge in [-0.25, -0.2) is 4.67 Å². The summed E-state index contributed by atoms with van der Waals surface area (Å²) in [5.74, 6) is 0.925. The van der Waals surface area contributed by atoms with Crippen molar-refractivity contribution < 1.29 is 9.09 Å². The fourth-order valence-electron chi connectivity index (χ4n) is 1.52. The van der Waals surface area contributed by atoms with Crippen molar-refractivity contribution in [1.29, 1.82) is 0 Å². The minimum absolute atomic E-state index is 0.463. The van der Waals surface area contributed by atoms with E-state index in [-0.39, 0.29) is 0 Å². The maximum Gasteiger partial charge on any atom is 0.272 e. The first-order valence-electron chi connectivity index (χ1n) is 4.84. The maximum atomic E-state index is 12.3. The van der Waals surface area contributed by atoms with Gasteiger partial charge >= 0.3 is 0 Å². The Morgan fingerprint density at radius 2 is 1.86 bits per heavy atom. The van der Waals surface area contributed by atoms with E-state index in [2.05, 4.69) is 0 Å². The predicted octanol–water partition coefficient (Wildman–Crippen LogP) is 2.77. The molecule has 0 bridgehead atoms. The van der Waals surface area contributed by atoms with E-state index < -0.39 is 7.52 Å². The summed E-state index contributed by atoms with van der Waals surface area (Å²) in [5, 5.41) is 0. The molecule has 3 nitrogen and oxygen atoms in total. The first-order valence-corrected chi connectivity index (χ1v) is 7.67. The van der Waals surface area contributed by atoms with Gasteiger partial charge in [0.2, 0.25) is 0 Å². The molecule has 0 aromatic carbocycles. The highest BCUT2D eigenvalue weighted by Gasteiger charge is 2.32. The van der Waals surface area contributed by atoms with Gasteiger partial charge in [-0.2, -0.15) is 0 Å². The van der Waals surface area contributed by atoms with Gasteiger partial charge in [0.1, 0.15) is 0 Å². The van der Waals surface area contributed by atoms with Crippen LogP contribution in [0.1, 0.15) is 12.8 Å². The third kappa shape index (κ3) is 3.39. The Kier molecular flexibility index (Phi) is 5.80. The molecular formula is C8H16Cl2NO2P. The first-order chi connectivity index (χ1) is 6.73. The summed E-state index contributed by atoms with van der Waals surface area (Å²) in [5.41, 5.74) is 0. The Balaban J connectivity index is 2.58. The average Bonchev–Trinajstić information content (AvgIpc) is 2.19. The van der Waals surface area contributed by atoms with Crippen LogP contribution in [0.4, 0.5) is 0 Å². The number of rotatable bonds is 5. The highest BCUT2D eigenvalue weighted by molar-refractivity contribution is 7.56. The van der Waals surface area contributed by atoms with Crippen LogP contribution < -0.4 is 0 Å². The standard InChI is InChI=1S/C8H16Cl2NO2P/c9-3-5-11(6-4-10)14(12)8-2-1-7-13-14/h1-8H2. The Hall–Kier alpha value is 0.730. The average molecular weight is 260 g/mol. The number of hydrogen-bond donors (Lipinski definition) is 0. The van der Waals surface area contributed by atoms with Crippen molar-refractivity contribution in [3.63, 3.8) is 0 Å². The Morgan fingerprint density at radius 3 is 2.29 bits per heavy atom. The Morgan fingerprint density at radius 1 is 1.21 bits per heavy atom. The quantitative estimate of drug-likeness (QED) is 0.562. The maximum absolute atomic E-state index is 12.3. The summed E-state index contributed by atoms with van der Waals surface area (Å²) in [4.78, 5) is 0. The van der Waals surface area contributed by atoms with Gasteiger partial charge in [0.25, 0.3) is 7.52 Å². The molecular weight excluding hydrogens is 244 g/mol. The normalized spacial score (nSPS) is 28.2. The summed E-state index contributed by atoms with van der Waals surface area (Å²) in [6, 6.07) is 0. The topological polar surface area (TPSA) is 29.5 Å². The molecule has 0 amide bonds. The van der Waals surface area contributed by atoms with Crippen molar-refractivity contribution in [3.05, 3.63) is 0 Å². The van der Waals surface area contributed by atoms with Crippen molar-refractivity contribution in [1.82, 2.24) is 4.67 Å². The molecule has 1 fully saturated rings. The Bertz CT molecular complexity index is 200. The van der Waals surface area contributed by atoms with Crippen molar-refractivity contribution in [2.24, 2.45) is 0 Å². The van der Waals surface area contributed by atoms with E-state index in [4.69, 9.17) is 27.7 Å². The van der Waals surface area contributed by atoms with Crippen LogP contribution in [-0.2, 0) is 9.09 Å². The number of nitrogens with zero attached hydrogens (tertiary/aromatic N) is 1. The van der Waals surface area contributed by atoms with Crippen LogP contribution in [0, 0.1) is 0 Å². The monoisotopic (exact) mass is 259 g/mol. The molecule has 14 heavy (non-hydrogen) atoms. The van der Waals surface area contributed by atoms with Gasteiger partial charge in [-0.3, -0.25) is 4.57 Å². The van der Waals surface area contributed by atoms with E-state index in [1.807, 2.05) is 4.67 Å². The van der Waals surface area contributed by atoms with Crippen molar-refractivity contribution in [3.8, 4) is 0 Å². The SMILES string of the molecule is O=P1(N(CCCl)CCCl)CCCCO1. The van der Waals surface area contributed by atoms with Crippen molar-refractivity contribution >= 4 is 30.7 Å². The van der Waals surface area contributed by atoms with Crippen LogP contribution >= 0.6 is 30.7 Å². The van der Waals surface area contributed by atoms with E-state index >= 15 is 0 Å². The molecule has 0 aromatic rings. The summed E-state index contributed by atoms with van der Waals surface area (Å²) >= 11 is 11.3. The van der Waals surface area contributed by atoms with Crippen LogP contribution in [0.5, 0.6) is 0 Å². The molecule has 6 heteroatoms. The van der Waals surface area contributed by atoms with Crippen LogP contribution in [-0.4, -0.2) is 42.3 Å². The van der Waals surface area contributed by atoms with Gasteiger partial charge < -0.3 is 4.52 Å². The third-order valence-corrected chi connectivity index (χ3v) is 5.31. The molecule has 1 saturated heterocycles. The van der Waals surface area contributed by atoms with Gasteiger partial charge in [-0.15, -0.1) is 23.2 Å². The molecule has 1 aliphatic heterocycles. The second kappa shape index (κ2) is 6.34. The van der Waals surface area contributed by atoms with Crippen LogP contribution in [0.15, 0.2) is 0 Å². The summed E-state index contributed by atoms with van der Waals surface area (Å²) in [6.07, 6.45) is 2.61. The van der Waals surface area contributed by atoms with Gasteiger partial charge in [0.05, 0.1) is 6.61 Å². The summed E-state index contributed by atoms with van der Waals surface area (Å²) in [6.45, 7) is 1.77. The zero-order chi connectivity index (χ0) is 10.4. The van der Waals surface area contributed by atoms with Gasteiger partial charge in [0.15, 0.2) is 0 Å². The molecule has 0 aromatic heterocycles. The van der Waals surface area contributed by atoms with Gasteiger partial charge in [-0.1, -0.05) is 0 Å². The molecule has 0 aliphatic carbocycles. The fourth-order valence-corrected chi connectivity index (χ4v) is 4.59. The summed E-state index contributed by atoms with van der Waals surface area (Å²) < 4.78 is 19.5. The number of halogens is 2. The molecule has 0 spiro atoms. The molecule has 1 atom stereocenters. The second-order valence-corrected chi connectivity index (χ2v) is 6.53. The molecule has 1 rings (SSSR count). The van der Waals surface area contributed by atoms with E-state index in [9.17, 15) is 4.57 Å². The molecule has 84 valence electrons. The zero-order valence-corrected chi connectivity index (χ0v) is 10.5. The minimum Gasteiger partial charge on any atom is -0.317 e. The van der Waals surface area contributed by atoms with Crippen LogP contribution in [0.3, 0.4) is 0 Å². The van der Waals surface area contributed by atoms with E-state index in [0.717, 1.165) is 12.8 Å². The lowest BCUT2D eigenvalue weighted by atomic mass is 10.4. The molecule has 0 saturated carbocycles. The second-order valence-electron chi connectivity index (χ2n) is 3.23.